The molecule has 2 heterocycles. The molecule has 0 amide bonds. The number of hydrogen-bond donors (Lipinski definition) is 2. The number of hydrogen-bond acceptors (Lipinski definition) is 7. The first-order valence-electron chi connectivity index (χ1n) is 5.32. The number of carbonyl (C=O) groups is 1. The Morgan fingerprint density at radius 3 is 3.11 bits per heavy atom. The minimum absolute atomic E-state index is 0.153. The quantitative estimate of drug-likeness (QED) is 0.620. The topological polar surface area (TPSA) is 88.0 Å². The number of carboxylic acid groups (broad SMARTS) is 1. The van der Waals surface area contributed by atoms with E-state index in [2.05, 4.69) is 20.3 Å². The van der Waals surface area contributed by atoms with E-state index < -0.39 is 5.97 Å². The number of aliphatic carboxylic acids is 1. The van der Waals surface area contributed by atoms with Gasteiger partial charge < -0.3 is 10.4 Å². The Bertz CT molecular complexity index is 558. The standard InChI is InChI=1S/C10H12N4O2S2/c1-17-10-14-9-7(18-10)8(12-5-13-9)11-4-2-3-6(15)16/h5H,2-4H2,1H3,(H,15,16)(H,11,12,13). The summed E-state index contributed by atoms with van der Waals surface area (Å²) in [5.74, 6) is -0.0599. The maximum absolute atomic E-state index is 10.4. The molecule has 2 aromatic heterocycles. The van der Waals surface area contributed by atoms with Crippen LogP contribution in [0.5, 0.6) is 0 Å². The third kappa shape index (κ3) is 3.08. The van der Waals surface area contributed by atoms with Gasteiger partial charge in [-0.1, -0.05) is 11.8 Å². The molecule has 2 rings (SSSR count). The van der Waals surface area contributed by atoms with Crippen molar-refractivity contribution in [2.75, 3.05) is 18.1 Å². The van der Waals surface area contributed by atoms with E-state index in [9.17, 15) is 4.79 Å². The first-order valence-corrected chi connectivity index (χ1v) is 7.36. The normalized spacial score (nSPS) is 10.7. The lowest BCUT2D eigenvalue weighted by Crippen LogP contribution is -2.06. The Kier molecular flexibility index (Phi) is 4.32. The fourth-order valence-corrected chi connectivity index (χ4v) is 2.87. The molecule has 2 N–H and O–H groups in total. The van der Waals surface area contributed by atoms with Crippen LogP contribution in [-0.4, -0.2) is 38.8 Å². The lowest BCUT2D eigenvalue weighted by molar-refractivity contribution is -0.137. The zero-order valence-electron chi connectivity index (χ0n) is 9.71. The van der Waals surface area contributed by atoms with Gasteiger partial charge in [0.05, 0.1) is 0 Å². The van der Waals surface area contributed by atoms with Gasteiger partial charge >= 0.3 is 5.97 Å². The number of anilines is 1. The summed E-state index contributed by atoms with van der Waals surface area (Å²) in [7, 11) is 0. The average Bonchev–Trinajstić information content (AvgIpc) is 2.78. The summed E-state index contributed by atoms with van der Waals surface area (Å²) in [6.45, 7) is 0.574. The van der Waals surface area contributed by atoms with Crippen molar-refractivity contribution in [3.8, 4) is 0 Å². The number of aromatic nitrogens is 3. The predicted molar refractivity (Wildman–Crippen MR) is 72.4 cm³/mol. The van der Waals surface area contributed by atoms with Gasteiger partial charge in [0.2, 0.25) is 0 Å². The Hall–Kier alpha value is -1.41. The number of nitrogens with zero attached hydrogens (tertiary/aromatic N) is 3. The number of rotatable bonds is 6. The van der Waals surface area contributed by atoms with Crippen LogP contribution in [0.3, 0.4) is 0 Å². The summed E-state index contributed by atoms with van der Waals surface area (Å²) in [5, 5.41) is 11.7. The van der Waals surface area contributed by atoms with Crippen molar-refractivity contribution in [2.24, 2.45) is 0 Å². The van der Waals surface area contributed by atoms with Gasteiger partial charge in [0.1, 0.15) is 16.8 Å². The third-order valence-corrected chi connectivity index (χ3v) is 4.24. The van der Waals surface area contributed by atoms with E-state index >= 15 is 0 Å². The van der Waals surface area contributed by atoms with Crippen LogP contribution in [0.1, 0.15) is 12.8 Å². The molecule has 0 spiro atoms. The van der Waals surface area contributed by atoms with Gasteiger partial charge in [-0.15, -0.1) is 11.3 Å². The second-order valence-corrected chi connectivity index (χ2v) is 5.54. The van der Waals surface area contributed by atoms with Gasteiger partial charge in [-0.05, 0) is 12.7 Å². The van der Waals surface area contributed by atoms with E-state index in [4.69, 9.17) is 5.11 Å². The van der Waals surface area contributed by atoms with Crippen LogP contribution in [-0.2, 0) is 4.79 Å². The molecule has 6 nitrogen and oxygen atoms in total. The lowest BCUT2D eigenvalue weighted by atomic mass is 10.3. The van der Waals surface area contributed by atoms with Crippen LogP contribution in [0.2, 0.25) is 0 Å². The zero-order valence-corrected chi connectivity index (χ0v) is 11.3. The number of fused-ring (bicyclic) bond motifs is 1. The maximum Gasteiger partial charge on any atom is 0.303 e. The monoisotopic (exact) mass is 284 g/mol. The average molecular weight is 284 g/mol. The minimum Gasteiger partial charge on any atom is -0.481 e. The molecule has 0 aliphatic rings. The largest absolute Gasteiger partial charge is 0.481 e. The molecular weight excluding hydrogens is 272 g/mol. The van der Waals surface area contributed by atoms with Crippen LogP contribution >= 0.6 is 23.1 Å². The van der Waals surface area contributed by atoms with Crippen molar-refractivity contribution in [2.45, 2.75) is 17.2 Å². The number of thioether (sulfide) groups is 1. The molecular formula is C10H12N4O2S2. The smallest absolute Gasteiger partial charge is 0.303 e. The molecule has 0 fully saturated rings. The van der Waals surface area contributed by atoms with E-state index in [-0.39, 0.29) is 6.42 Å². The summed E-state index contributed by atoms with van der Waals surface area (Å²) in [5.41, 5.74) is 0.681. The Labute approximate surface area is 112 Å². The molecule has 0 atom stereocenters. The molecule has 0 bridgehead atoms. The second kappa shape index (κ2) is 5.96. The summed E-state index contributed by atoms with van der Waals surface area (Å²) in [6.07, 6.45) is 4.14. The Morgan fingerprint density at radius 1 is 1.56 bits per heavy atom. The second-order valence-electron chi connectivity index (χ2n) is 3.48. The third-order valence-electron chi connectivity index (χ3n) is 2.21. The van der Waals surface area contributed by atoms with Crippen molar-refractivity contribution in [1.29, 1.82) is 0 Å². The highest BCUT2D eigenvalue weighted by atomic mass is 32.2. The fourth-order valence-electron chi connectivity index (χ4n) is 1.39. The Morgan fingerprint density at radius 2 is 2.39 bits per heavy atom. The van der Waals surface area contributed by atoms with Crippen LogP contribution in [0.15, 0.2) is 10.7 Å². The molecule has 0 aliphatic heterocycles. The van der Waals surface area contributed by atoms with Crippen molar-refractivity contribution < 1.29 is 9.90 Å². The first kappa shape index (κ1) is 13.0. The molecule has 0 aliphatic carbocycles. The molecule has 0 saturated carbocycles. The SMILES string of the molecule is CSc1nc2ncnc(NCCCC(=O)O)c2s1. The van der Waals surface area contributed by atoms with Gasteiger partial charge in [-0.3, -0.25) is 4.79 Å². The van der Waals surface area contributed by atoms with Gasteiger partial charge in [0, 0.05) is 13.0 Å². The van der Waals surface area contributed by atoms with Crippen LogP contribution in [0.4, 0.5) is 5.82 Å². The van der Waals surface area contributed by atoms with Crippen LogP contribution in [0.25, 0.3) is 10.3 Å². The summed E-state index contributed by atoms with van der Waals surface area (Å²) >= 11 is 3.11. The van der Waals surface area contributed by atoms with Crippen molar-refractivity contribution in [3.63, 3.8) is 0 Å². The molecule has 0 radical (unpaired) electrons. The van der Waals surface area contributed by atoms with Gasteiger partial charge in [-0.25, -0.2) is 15.0 Å². The Balaban J connectivity index is 2.07. The lowest BCUT2D eigenvalue weighted by Gasteiger charge is -2.03. The number of carboxylic acids is 1. The van der Waals surface area contributed by atoms with E-state index in [0.717, 1.165) is 14.9 Å². The molecule has 2 aromatic rings. The minimum atomic E-state index is -0.785. The van der Waals surface area contributed by atoms with E-state index in [0.29, 0.717) is 18.6 Å². The first-order chi connectivity index (χ1) is 8.70. The highest BCUT2D eigenvalue weighted by Crippen LogP contribution is 2.30. The summed E-state index contributed by atoms with van der Waals surface area (Å²) in [6, 6.07) is 0. The molecule has 0 aromatic carbocycles. The molecule has 0 saturated heterocycles. The summed E-state index contributed by atoms with van der Waals surface area (Å²) in [4.78, 5) is 23.0. The van der Waals surface area contributed by atoms with Crippen molar-refractivity contribution in [1.82, 2.24) is 15.0 Å². The summed E-state index contributed by atoms with van der Waals surface area (Å²) < 4.78 is 1.86. The van der Waals surface area contributed by atoms with Crippen LogP contribution < -0.4 is 5.32 Å². The van der Waals surface area contributed by atoms with E-state index in [1.54, 1.807) is 11.8 Å². The number of nitrogens with one attached hydrogen (secondary N) is 1. The maximum atomic E-state index is 10.4. The zero-order chi connectivity index (χ0) is 13.0. The van der Waals surface area contributed by atoms with E-state index in [1.165, 1.54) is 17.7 Å². The van der Waals surface area contributed by atoms with Gasteiger partial charge in [-0.2, -0.15) is 0 Å². The predicted octanol–water partition coefficient (Wildman–Crippen LogP) is 2.08. The fraction of sp³-hybridized carbons (Fsp3) is 0.400. The van der Waals surface area contributed by atoms with Gasteiger partial charge in [0.15, 0.2) is 9.99 Å². The highest BCUT2D eigenvalue weighted by Gasteiger charge is 2.09. The number of thiazole rings is 1. The van der Waals surface area contributed by atoms with Crippen LogP contribution in [0, 0.1) is 0 Å². The molecule has 18 heavy (non-hydrogen) atoms. The van der Waals surface area contributed by atoms with E-state index in [1.807, 2.05) is 6.26 Å². The highest BCUT2D eigenvalue weighted by molar-refractivity contribution is 8.00. The molecule has 8 heteroatoms. The molecule has 0 unspecified atom stereocenters. The van der Waals surface area contributed by atoms with Gasteiger partial charge in [0.25, 0.3) is 0 Å². The molecule has 96 valence electrons. The van der Waals surface area contributed by atoms with Crippen molar-refractivity contribution in [3.05, 3.63) is 6.33 Å². The van der Waals surface area contributed by atoms with Crippen molar-refractivity contribution >= 4 is 45.2 Å².